The topological polar surface area (TPSA) is 98.7 Å². The maximum absolute atomic E-state index is 13.8. The number of hydrogen-bond acceptors (Lipinski definition) is 7. The van der Waals surface area contributed by atoms with Crippen LogP contribution in [0.4, 0.5) is 0 Å². The van der Waals surface area contributed by atoms with E-state index in [-0.39, 0.29) is 5.56 Å². The number of fused-ring (bicyclic) bond motifs is 5. The predicted octanol–water partition coefficient (Wildman–Crippen LogP) is 3.94. The molecule has 1 aliphatic carbocycles. The van der Waals surface area contributed by atoms with E-state index >= 15 is 0 Å². The number of carboxylic acid groups (broad SMARTS) is 1. The summed E-state index contributed by atoms with van der Waals surface area (Å²) in [4.78, 5) is 27.5. The Morgan fingerprint density at radius 1 is 1.25 bits per heavy atom. The number of aryl methyl sites for hydroxylation is 2. The number of thioether (sulfide) groups is 1. The number of nitrogens with zero attached hydrogens (tertiary/aromatic N) is 4. The van der Waals surface area contributed by atoms with Crippen molar-refractivity contribution in [3.63, 3.8) is 0 Å². The van der Waals surface area contributed by atoms with Gasteiger partial charge in [-0.25, -0.2) is 8.97 Å². The predicted molar refractivity (Wildman–Crippen MR) is 125 cm³/mol. The standard InChI is InChI=1S/C22H22N4O4S2/c1-3-15(20(28)29)32-22-24-23-21-25(12-8-10-13(30-2)11-9-12)18(27)17-14-6-4-5-7-16(14)31-19(17)26(21)22/h8-11,15H,3-7H2,1-2H3,(H,28,29). The molecule has 0 radical (unpaired) electrons. The largest absolute Gasteiger partial charge is 0.497 e. The summed E-state index contributed by atoms with van der Waals surface area (Å²) >= 11 is 2.77. The minimum atomic E-state index is -0.889. The molecule has 0 amide bonds. The SMILES string of the molecule is CCC(Sc1nnc2n(-c3ccc(OC)cc3)c(=O)c3c4c(sc3n12)CCCC4)C(=O)O. The van der Waals surface area contributed by atoms with Crippen molar-refractivity contribution >= 4 is 45.1 Å². The molecule has 1 aromatic carbocycles. The number of aromatic nitrogens is 4. The quantitative estimate of drug-likeness (QED) is 0.426. The molecule has 0 bridgehead atoms. The van der Waals surface area contributed by atoms with Crippen LogP contribution in [0.15, 0.2) is 34.2 Å². The summed E-state index contributed by atoms with van der Waals surface area (Å²) in [6.07, 6.45) is 4.44. The van der Waals surface area contributed by atoms with Gasteiger partial charge in [-0.1, -0.05) is 18.7 Å². The maximum Gasteiger partial charge on any atom is 0.317 e. The van der Waals surface area contributed by atoms with Gasteiger partial charge in [-0.3, -0.25) is 9.59 Å². The first-order valence-electron chi connectivity index (χ1n) is 10.5. The first kappa shape index (κ1) is 21.0. The zero-order valence-corrected chi connectivity index (χ0v) is 19.3. The van der Waals surface area contributed by atoms with Crippen molar-refractivity contribution in [2.24, 2.45) is 0 Å². The zero-order chi connectivity index (χ0) is 22.4. The van der Waals surface area contributed by atoms with Crippen LogP contribution in [0.2, 0.25) is 0 Å². The Morgan fingerprint density at radius 3 is 2.69 bits per heavy atom. The van der Waals surface area contributed by atoms with Crippen LogP contribution in [0.1, 0.15) is 36.6 Å². The van der Waals surface area contributed by atoms with Crippen LogP contribution in [0.25, 0.3) is 21.7 Å². The molecule has 32 heavy (non-hydrogen) atoms. The zero-order valence-electron chi connectivity index (χ0n) is 17.7. The van der Waals surface area contributed by atoms with Crippen molar-refractivity contribution in [3.8, 4) is 11.4 Å². The lowest BCUT2D eigenvalue weighted by molar-refractivity contribution is -0.136. The number of rotatable bonds is 6. The molecule has 4 aromatic rings. The van der Waals surface area contributed by atoms with Gasteiger partial charge in [0.05, 0.1) is 18.2 Å². The fourth-order valence-corrected chi connectivity index (χ4v) is 6.52. The fourth-order valence-electron chi connectivity index (χ4n) is 4.19. The van der Waals surface area contributed by atoms with Crippen molar-refractivity contribution < 1.29 is 14.6 Å². The third-order valence-electron chi connectivity index (χ3n) is 5.81. The Balaban J connectivity index is 1.83. The Hall–Kier alpha value is -2.85. The average molecular weight is 471 g/mol. The third-order valence-corrected chi connectivity index (χ3v) is 8.39. The lowest BCUT2D eigenvalue weighted by Gasteiger charge is -2.13. The second-order valence-corrected chi connectivity index (χ2v) is 9.95. The summed E-state index contributed by atoms with van der Waals surface area (Å²) in [6, 6.07) is 7.24. The maximum atomic E-state index is 13.8. The van der Waals surface area contributed by atoms with Gasteiger partial charge in [0.1, 0.15) is 15.8 Å². The van der Waals surface area contributed by atoms with Crippen LogP contribution >= 0.6 is 23.1 Å². The molecule has 1 atom stereocenters. The van der Waals surface area contributed by atoms with E-state index in [0.717, 1.165) is 36.1 Å². The van der Waals surface area contributed by atoms with E-state index < -0.39 is 11.2 Å². The van der Waals surface area contributed by atoms with E-state index in [1.54, 1.807) is 35.1 Å². The van der Waals surface area contributed by atoms with Crippen LogP contribution in [0, 0.1) is 0 Å². The molecular weight excluding hydrogens is 448 g/mol. The molecule has 3 aromatic heterocycles. The lowest BCUT2D eigenvalue weighted by Crippen LogP contribution is -2.22. The summed E-state index contributed by atoms with van der Waals surface area (Å²) in [5, 5.41) is 18.8. The summed E-state index contributed by atoms with van der Waals surface area (Å²) < 4.78 is 8.69. The molecule has 0 fully saturated rings. The van der Waals surface area contributed by atoms with Crippen molar-refractivity contribution in [2.45, 2.75) is 49.4 Å². The number of thiophene rings is 1. The summed E-state index contributed by atoms with van der Waals surface area (Å²) in [5.74, 6) is 0.185. The van der Waals surface area contributed by atoms with Crippen LogP contribution in [-0.2, 0) is 17.6 Å². The number of hydrogen-bond donors (Lipinski definition) is 1. The number of ether oxygens (including phenoxy) is 1. The van der Waals surface area contributed by atoms with Crippen LogP contribution in [0.5, 0.6) is 5.75 Å². The fraction of sp³-hybridized carbons (Fsp3) is 0.364. The van der Waals surface area contributed by atoms with Gasteiger partial charge in [-0.05, 0) is 61.9 Å². The Bertz CT molecular complexity index is 1390. The van der Waals surface area contributed by atoms with Gasteiger partial charge in [-0.2, -0.15) is 0 Å². The molecule has 0 aliphatic heterocycles. The van der Waals surface area contributed by atoms with Crippen molar-refractivity contribution in [2.75, 3.05) is 7.11 Å². The molecule has 0 saturated carbocycles. The number of carbonyl (C=O) groups is 1. The van der Waals surface area contributed by atoms with E-state index in [4.69, 9.17) is 4.74 Å². The summed E-state index contributed by atoms with van der Waals surface area (Å²) in [5.41, 5.74) is 1.65. The lowest BCUT2D eigenvalue weighted by atomic mass is 9.97. The molecule has 1 unspecified atom stereocenters. The van der Waals surface area contributed by atoms with Gasteiger partial charge in [-0.15, -0.1) is 21.5 Å². The van der Waals surface area contributed by atoms with E-state index in [1.807, 2.05) is 23.5 Å². The Kier molecular flexibility index (Phi) is 5.42. The van der Waals surface area contributed by atoms with E-state index in [1.165, 1.54) is 16.6 Å². The van der Waals surface area contributed by atoms with Gasteiger partial charge >= 0.3 is 5.97 Å². The monoisotopic (exact) mass is 470 g/mol. The average Bonchev–Trinajstić information content (AvgIpc) is 3.39. The molecule has 0 spiro atoms. The molecule has 166 valence electrons. The van der Waals surface area contributed by atoms with Crippen LogP contribution in [0.3, 0.4) is 0 Å². The molecule has 0 saturated heterocycles. The van der Waals surface area contributed by atoms with Gasteiger partial charge in [0, 0.05) is 4.88 Å². The van der Waals surface area contributed by atoms with E-state index in [9.17, 15) is 14.7 Å². The normalized spacial score (nSPS) is 14.6. The number of carboxylic acids is 1. The second kappa shape index (κ2) is 8.25. The third kappa shape index (κ3) is 3.29. The number of benzene rings is 1. The first-order valence-corrected chi connectivity index (χ1v) is 12.2. The number of aliphatic carboxylic acids is 1. The molecule has 3 heterocycles. The van der Waals surface area contributed by atoms with E-state index in [0.29, 0.717) is 34.2 Å². The highest BCUT2D eigenvalue weighted by atomic mass is 32.2. The van der Waals surface area contributed by atoms with Crippen molar-refractivity contribution in [1.29, 1.82) is 0 Å². The van der Waals surface area contributed by atoms with Gasteiger partial charge in [0.15, 0.2) is 5.16 Å². The molecule has 8 nitrogen and oxygen atoms in total. The highest BCUT2D eigenvalue weighted by Gasteiger charge is 2.27. The molecule has 10 heteroatoms. The molecular formula is C22H22N4O4S2. The number of methoxy groups -OCH3 is 1. The van der Waals surface area contributed by atoms with Crippen LogP contribution < -0.4 is 10.3 Å². The summed E-state index contributed by atoms with van der Waals surface area (Å²) in [7, 11) is 1.59. The first-order chi connectivity index (χ1) is 15.5. The molecule has 5 rings (SSSR count). The van der Waals surface area contributed by atoms with Crippen molar-refractivity contribution in [1.82, 2.24) is 19.2 Å². The Morgan fingerprint density at radius 2 is 2.00 bits per heavy atom. The van der Waals surface area contributed by atoms with Crippen molar-refractivity contribution in [3.05, 3.63) is 45.1 Å². The van der Waals surface area contributed by atoms with Crippen LogP contribution in [-0.4, -0.2) is 42.6 Å². The summed E-state index contributed by atoms with van der Waals surface area (Å²) in [6.45, 7) is 1.84. The Labute approximate surface area is 191 Å². The van der Waals surface area contributed by atoms with Gasteiger partial charge in [0.2, 0.25) is 5.78 Å². The van der Waals surface area contributed by atoms with Gasteiger partial charge in [0.25, 0.3) is 5.56 Å². The molecule has 1 aliphatic rings. The second-order valence-electron chi connectivity index (χ2n) is 7.70. The van der Waals surface area contributed by atoms with Gasteiger partial charge < -0.3 is 9.84 Å². The highest BCUT2D eigenvalue weighted by molar-refractivity contribution is 8.00. The minimum Gasteiger partial charge on any atom is -0.497 e. The van der Waals surface area contributed by atoms with E-state index in [2.05, 4.69) is 10.2 Å². The molecule has 1 N–H and O–H groups in total. The minimum absolute atomic E-state index is 0.119. The highest BCUT2D eigenvalue weighted by Crippen LogP contribution is 2.37. The smallest absolute Gasteiger partial charge is 0.317 e.